The molecular weight excluding hydrogens is 376 g/mol. The third kappa shape index (κ3) is 5.35. The Balaban J connectivity index is 2.49. The molecule has 0 bridgehead atoms. The lowest BCUT2D eigenvalue weighted by molar-refractivity contribution is -0.154. The Kier molecular flexibility index (Phi) is 7.41. The van der Waals surface area contributed by atoms with Gasteiger partial charge in [-0.2, -0.15) is 0 Å². The van der Waals surface area contributed by atoms with Gasteiger partial charge in [0, 0.05) is 18.9 Å². The molecule has 29 heavy (non-hydrogen) atoms. The Labute approximate surface area is 171 Å². The second-order valence-electron chi connectivity index (χ2n) is 7.80. The zero-order chi connectivity index (χ0) is 21.9. The molecule has 1 aliphatic carbocycles. The number of esters is 3. The van der Waals surface area contributed by atoms with Gasteiger partial charge in [0.05, 0.1) is 17.9 Å². The Hall–Kier alpha value is -2.41. The number of carbonyl (C=O) groups excluding carboxylic acids is 3. The summed E-state index contributed by atoms with van der Waals surface area (Å²) >= 11 is 0. The van der Waals surface area contributed by atoms with E-state index in [0.717, 1.165) is 0 Å². The highest BCUT2D eigenvalue weighted by Crippen LogP contribution is 2.36. The first kappa shape index (κ1) is 22.9. The smallest absolute Gasteiger partial charge is 0.334 e. The highest BCUT2D eigenvalue weighted by molar-refractivity contribution is 5.91. The number of aliphatic hydroxyl groups is 1. The Morgan fingerprint density at radius 1 is 1.28 bits per heavy atom. The Morgan fingerprint density at radius 2 is 1.93 bits per heavy atom. The van der Waals surface area contributed by atoms with Crippen molar-refractivity contribution in [3.05, 3.63) is 35.5 Å². The van der Waals surface area contributed by atoms with Crippen LogP contribution in [0.3, 0.4) is 0 Å². The van der Waals surface area contributed by atoms with Crippen molar-refractivity contribution in [3.8, 4) is 0 Å². The van der Waals surface area contributed by atoms with Crippen LogP contribution >= 0.6 is 0 Å². The van der Waals surface area contributed by atoms with Gasteiger partial charge in [-0.1, -0.05) is 20.4 Å². The molecule has 1 heterocycles. The topological polar surface area (TPSA) is 99.1 Å². The minimum atomic E-state index is -0.921. The van der Waals surface area contributed by atoms with E-state index >= 15 is 0 Å². The second kappa shape index (κ2) is 9.39. The van der Waals surface area contributed by atoms with Crippen LogP contribution < -0.4 is 0 Å². The van der Waals surface area contributed by atoms with E-state index in [0.29, 0.717) is 17.6 Å². The van der Waals surface area contributed by atoms with Crippen LogP contribution in [0.15, 0.2) is 35.5 Å². The van der Waals surface area contributed by atoms with E-state index < -0.39 is 48.2 Å². The van der Waals surface area contributed by atoms with E-state index in [2.05, 4.69) is 6.58 Å². The minimum Gasteiger partial charge on any atom is -0.458 e. The molecule has 0 amide bonds. The molecule has 6 unspecified atom stereocenters. The van der Waals surface area contributed by atoms with Crippen LogP contribution in [0.25, 0.3) is 0 Å². The van der Waals surface area contributed by atoms with Crippen LogP contribution in [-0.4, -0.2) is 47.4 Å². The number of fused-ring (bicyclic) bond motifs is 1. The Morgan fingerprint density at radius 3 is 2.52 bits per heavy atom. The third-order valence-electron chi connectivity index (χ3n) is 5.52. The van der Waals surface area contributed by atoms with Crippen molar-refractivity contribution in [2.75, 3.05) is 0 Å². The maximum absolute atomic E-state index is 12.5. The molecule has 1 fully saturated rings. The highest BCUT2D eigenvalue weighted by Gasteiger charge is 2.44. The van der Waals surface area contributed by atoms with Crippen LogP contribution in [0.1, 0.15) is 47.5 Å². The average molecular weight is 406 g/mol. The van der Waals surface area contributed by atoms with Gasteiger partial charge in [-0.15, -0.1) is 0 Å². The molecular formula is C22H30O7. The number of hydrogen-bond acceptors (Lipinski definition) is 7. The van der Waals surface area contributed by atoms with E-state index in [1.54, 1.807) is 32.9 Å². The summed E-state index contributed by atoms with van der Waals surface area (Å²) in [5, 5.41) is 10.6. The highest BCUT2D eigenvalue weighted by atomic mass is 16.6. The van der Waals surface area contributed by atoms with Crippen LogP contribution in [0.5, 0.6) is 0 Å². The number of hydrogen-bond donors (Lipinski definition) is 1. The number of ether oxygens (including phenoxy) is 3. The molecule has 7 heteroatoms. The summed E-state index contributed by atoms with van der Waals surface area (Å²) in [7, 11) is 0. The molecule has 1 N–H and O–H groups in total. The fraction of sp³-hybridized carbons (Fsp3) is 0.591. The van der Waals surface area contributed by atoms with Crippen molar-refractivity contribution in [2.45, 2.75) is 71.9 Å². The van der Waals surface area contributed by atoms with Gasteiger partial charge in [-0.25, -0.2) is 4.79 Å². The lowest BCUT2D eigenvalue weighted by atomic mass is 9.85. The molecule has 0 spiro atoms. The van der Waals surface area contributed by atoms with Crippen molar-refractivity contribution in [1.29, 1.82) is 0 Å². The van der Waals surface area contributed by atoms with Crippen LogP contribution in [0, 0.1) is 11.8 Å². The lowest BCUT2D eigenvalue weighted by Gasteiger charge is -2.29. The van der Waals surface area contributed by atoms with Crippen LogP contribution in [0.4, 0.5) is 0 Å². The molecule has 2 aliphatic rings. The van der Waals surface area contributed by atoms with Gasteiger partial charge in [0.2, 0.25) is 0 Å². The average Bonchev–Trinajstić information content (AvgIpc) is 2.92. The number of rotatable bonds is 4. The summed E-state index contributed by atoms with van der Waals surface area (Å²) in [6, 6.07) is 0. The summed E-state index contributed by atoms with van der Waals surface area (Å²) in [6.07, 6.45) is 0.946. The van der Waals surface area contributed by atoms with Crippen LogP contribution in [-0.2, 0) is 28.6 Å². The van der Waals surface area contributed by atoms with E-state index in [1.807, 2.05) is 6.92 Å². The maximum atomic E-state index is 12.5. The van der Waals surface area contributed by atoms with Crippen molar-refractivity contribution in [1.82, 2.24) is 0 Å². The van der Waals surface area contributed by atoms with E-state index in [4.69, 9.17) is 14.2 Å². The molecule has 0 saturated carbocycles. The van der Waals surface area contributed by atoms with Crippen molar-refractivity contribution >= 4 is 17.9 Å². The van der Waals surface area contributed by atoms with Gasteiger partial charge < -0.3 is 19.3 Å². The molecule has 0 radical (unpaired) electrons. The van der Waals surface area contributed by atoms with Gasteiger partial charge >= 0.3 is 17.9 Å². The van der Waals surface area contributed by atoms with Gasteiger partial charge in [0.1, 0.15) is 18.3 Å². The van der Waals surface area contributed by atoms with Crippen molar-refractivity contribution < 1.29 is 33.7 Å². The van der Waals surface area contributed by atoms with Gasteiger partial charge in [-0.05, 0) is 43.6 Å². The quantitative estimate of drug-likeness (QED) is 0.332. The fourth-order valence-electron chi connectivity index (χ4n) is 3.41. The van der Waals surface area contributed by atoms with Gasteiger partial charge in [-0.3, -0.25) is 9.59 Å². The van der Waals surface area contributed by atoms with Crippen molar-refractivity contribution in [2.24, 2.45) is 11.8 Å². The predicted octanol–water partition coefficient (Wildman–Crippen LogP) is 2.63. The van der Waals surface area contributed by atoms with Crippen LogP contribution in [0.2, 0.25) is 0 Å². The second-order valence-corrected chi connectivity index (χ2v) is 7.80. The third-order valence-corrected chi connectivity index (χ3v) is 5.52. The normalized spacial score (nSPS) is 31.0. The first-order valence-corrected chi connectivity index (χ1v) is 9.87. The van der Waals surface area contributed by atoms with Gasteiger partial charge in [0.15, 0.2) is 0 Å². The largest absolute Gasteiger partial charge is 0.458 e. The monoisotopic (exact) mass is 406 g/mol. The standard InChI is InChI=1S/C22H30O7/c1-7-11(2)21(25)28-18-8-12(3)16(24)10-17(27-15(6)23)13(4)9-19-20(18)14(5)22(26)29-19/h8-9,11,16-20,24H,5,7,10H2,1-4,6H3. The van der Waals surface area contributed by atoms with E-state index in [-0.39, 0.29) is 17.9 Å². The Bertz CT molecular complexity index is 748. The lowest BCUT2D eigenvalue weighted by Crippen LogP contribution is -2.35. The summed E-state index contributed by atoms with van der Waals surface area (Å²) in [4.78, 5) is 36.2. The summed E-state index contributed by atoms with van der Waals surface area (Å²) in [5.74, 6) is -2.37. The SMILES string of the molecule is C=C1C(=O)OC2C=C(C)C(OC(C)=O)CC(O)C(C)=CC(OC(=O)C(C)CC)C12. The minimum absolute atomic E-state index is 0.141. The zero-order valence-corrected chi connectivity index (χ0v) is 17.6. The number of aliphatic hydroxyl groups excluding tert-OH is 1. The first-order valence-electron chi connectivity index (χ1n) is 9.87. The molecule has 0 aromatic carbocycles. The van der Waals surface area contributed by atoms with Crippen molar-refractivity contribution in [3.63, 3.8) is 0 Å². The zero-order valence-electron chi connectivity index (χ0n) is 17.6. The summed E-state index contributed by atoms with van der Waals surface area (Å²) in [5.41, 5.74) is 1.38. The van der Waals surface area contributed by atoms with E-state index in [1.165, 1.54) is 6.92 Å². The molecule has 1 aliphatic heterocycles. The first-order chi connectivity index (χ1) is 13.5. The maximum Gasteiger partial charge on any atom is 0.334 e. The molecule has 160 valence electrons. The molecule has 2 rings (SSSR count). The molecule has 1 saturated heterocycles. The van der Waals surface area contributed by atoms with Gasteiger partial charge in [0.25, 0.3) is 0 Å². The molecule has 6 atom stereocenters. The fourth-order valence-corrected chi connectivity index (χ4v) is 3.41. The molecule has 0 aromatic rings. The molecule has 7 nitrogen and oxygen atoms in total. The summed E-state index contributed by atoms with van der Waals surface area (Å²) in [6.45, 7) is 12.2. The number of carbonyl (C=O) groups is 3. The molecule has 0 aromatic heterocycles. The predicted molar refractivity (Wildman–Crippen MR) is 106 cm³/mol. The van der Waals surface area contributed by atoms with E-state index in [9.17, 15) is 19.5 Å². The summed E-state index contributed by atoms with van der Waals surface area (Å²) < 4.78 is 16.5.